The molecule has 0 saturated heterocycles. The summed E-state index contributed by atoms with van der Waals surface area (Å²) in [5.41, 5.74) is 2.10. The number of ether oxygens (including phenoxy) is 1. The molecule has 3 aromatic rings. The number of rotatable bonds is 4. The lowest BCUT2D eigenvalue weighted by molar-refractivity contribution is 0.103. The highest BCUT2D eigenvalue weighted by Gasteiger charge is 2.16. The number of hydrogen-bond donors (Lipinski definition) is 1. The van der Waals surface area contributed by atoms with Gasteiger partial charge in [0.25, 0.3) is 0 Å². The minimum atomic E-state index is -0.0539. The number of aromatic amines is 1. The predicted molar refractivity (Wildman–Crippen MR) is 76.3 cm³/mol. The van der Waals surface area contributed by atoms with E-state index < -0.39 is 0 Å². The van der Waals surface area contributed by atoms with Gasteiger partial charge in [-0.1, -0.05) is 0 Å². The van der Waals surface area contributed by atoms with Crippen LogP contribution < -0.4 is 4.74 Å². The molecule has 0 fully saturated rings. The van der Waals surface area contributed by atoms with E-state index in [-0.39, 0.29) is 5.78 Å². The molecule has 0 amide bonds. The van der Waals surface area contributed by atoms with Crippen LogP contribution in [0, 0.1) is 6.92 Å². The van der Waals surface area contributed by atoms with E-state index in [1.807, 2.05) is 32.0 Å². The highest BCUT2D eigenvalue weighted by molar-refractivity contribution is 6.16. The molecule has 0 unspecified atom stereocenters. The van der Waals surface area contributed by atoms with Gasteiger partial charge in [0.1, 0.15) is 17.8 Å². The summed E-state index contributed by atoms with van der Waals surface area (Å²) in [5, 5.41) is 0.861. The number of ketones is 1. The van der Waals surface area contributed by atoms with Gasteiger partial charge in [0.15, 0.2) is 5.78 Å². The molecule has 0 bridgehead atoms. The van der Waals surface area contributed by atoms with Crippen LogP contribution in [0.25, 0.3) is 10.9 Å². The first kappa shape index (κ1) is 12.5. The zero-order chi connectivity index (χ0) is 14.1. The highest BCUT2D eigenvalue weighted by atomic mass is 16.5. The molecule has 1 N–H and O–H groups in total. The monoisotopic (exact) mass is 269 g/mol. The molecule has 102 valence electrons. The normalized spacial score (nSPS) is 10.9. The Bertz CT molecular complexity index is 767. The van der Waals surface area contributed by atoms with Gasteiger partial charge in [0, 0.05) is 22.7 Å². The second-order valence-electron chi connectivity index (χ2n) is 4.62. The molecule has 4 nitrogen and oxygen atoms in total. The number of aryl methyl sites for hydroxylation is 1. The SMILES string of the molecule is CCOc1ccc2[nH]cc(C(=O)c3coc(C)c3)c2c1. The first-order valence-electron chi connectivity index (χ1n) is 6.53. The lowest BCUT2D eigenvalue weighted by Gasteiger charge is -2.03. The van der Waals surface area contributed by atoms with Crippen LogP contribution >= 0.6 is 0 Å². The van der Waals surface area contributed by atoms with Crippen molar-refractivity contribution in [3.8, 4) is 5.75 Å². The molecule has 20 heavy (non-hydrogen) atoms. The molecule has 0 radical (unpaired) electrons. The Kier molecular flexibility index (Phi) is 3.06. The van der Waals surface area contributed by atoms with E-state index in [1.54, 1.807) is 12.3 Å². The van der Waals surface area contributed by atoms with Gasteiger partial charge in [0.2, 0.25) is 0 Å². The molecule has 4 heteroatoms. The number of fused-ring (bicyclic) bond motifs is 1. The van der Waals surface area contributed by atoms with Crippen LogP contribution in [0.4, 0.5) is 0 Å². The first-order valence-corrected chi connectivity index (χ1v) is 6.53. The van der Waals surface area contributed by atoms with Crippen molar-refractivity contribution in [2.75, 3.05) is 6.61 Å². The zero-order valence-electron chi connectivity index (χ0n) is 11.4. The number of furan rings is 1. The Labute approximate surface area is 116 Å². The van der Waals surface area contributed by atoms with Crippen molar-refractivity contribution in [3.63, 3.8) is 0 Å². The van der Waals surface area contributed by atoms with E-state index in [0.29, 0.717) is 17.7 Å². The first-order chi connectivity index (χ1) is 9.69. The third-order valence-corrected chi connectivity index (χ3v) is 3.20. The van der Waals surface area contributed by atoms with Crippen molar-refractivity contribution in [1.82, 2.24) is 4.98 Å². The molecular formula is C16H15NO3. The van der Waals surface area contributed by atoms with Crippen molar-refractivity contribution >= 4 is 16.7 Å². The highest BCUT2D eigenvalue weighted by Crippen LogP contribution is 2.26. The summed E-state index contributed by atoms with van der Waals surface area (Å²) in [6, 6.07) is 7.43. The molecule has 0 atom stereocenters. The van der Waals surface area contributed by atoms with Gasteiger partial charge in [-0.3, -0.25) is 4.79 Å². The predicted octanol–water partition coefficient (Wildman–Crippen LogP) is 3.70. The number of benzene rings is 1. The van der Waals surface area contributed by atoms with Crippen LogP contribution in [0.2, 0.25) is 0 Å². The van der Waals surface area contributed by atoms with Crippen LogP contribution in [0.15, 0.2) is 41.1 Å². The van der Waals surface area contributed by atoms with Gasteiger partial charge in [-0.2, -0.15) is 0 Å². The maximum absolute atomic E-state index is 12.5. The number of aromatic nitrogens is 1. The Hall–Kier alpha value is -2.49. The Morgan fingerprint density at radius 1 is 1.35 bits per heavy atom. The largest absolute Gasteiger partial charge is 0.494 e. The zero-order valence-corrected chi connectivity index (χ0v) is 11.4. The molecule has 2 heterocycles. The maximum Gasteiger partial charge on any atom is 0.198 e. The van der Waals surface area contributed by atoms with Gasteiger partial charge < -0.3 is 14.1 Å². The number of H-pyrrole nitrogens is 1. The van der Waals surface area contributed by atoms with E-state index in [1.165, 1.54) is 6.26 Å². The van der Waals surface area contributed by atoms with E-state index in [2.05, 4.69) is 4.98 Å². The lowest BCUT2D eigenvalue weighted by Crippen LogP contribution is -1.98. The molecule has 0 aliphatic heterocycles. The van der Waals surface area contributed by atoms with E-state index in [9.17, 15) is 4.79 Å². The second-order valence-corrected chi connectivity index (χ2v) is 4.62. The molecule has 0 aliphatic carbocycles. The summed E-state index contributed by atoms with van der Waals surface area (Å²) >= 11 is 0. The maximum atomic E-state index is 12.5. The van der Waals surface area contributed by atoms with Crippen molar-refractivity contribution in [2.45, 2.75) is 13.8 Å². The molecule has 2 aromatic heterocycles. The van der Waals surface area contributed by atoms with Crippen molar-refractivity contribution in [3.05, 3.63) is 53.6 Å². The van der Waals surface area contributed by atoms with Crippen LogP contribution in [-0.2, 0) is 0 Å². The average molecular weight is 269 g/mol. The number of hydrogen-bond acceptors (Lipinski definition) is 3. The molecule has 0 saturated carbocycles. The lowest BCUT2D eigenvalue weighted by atomic mass is 10.0. The Morgan fingerprint density at radius 3 is 2.90 bits per heavy atom. The van der Waals surface area contributed by atoms with Crippen molar-refractivity contribution in [2.24, 2.45) is 0 Å². The topological polar surface area (TPSA) is 55.2 Å². The molecule has 0 aliphatic rings. The fourth-order valence-corrected chi connectivity index (χ4v) is 2.26. The van der Waals surface area contributed by atoms with Gasteiger partial charge >= 0.3 is 0 Å². The molecule has 1 aromatic carbocycles. The number of carbonyl (C=O) groups excluding carboxylic acids is 1. The summed E-state index contributed by atoms with van der Waals surface area (Å²) in [4.78, 5) is 15.6. The summed E-state index contributed by atoms with van der Waals surface area (Å²) in [6.45, 7) is 4.35. The van der Waals surface area contributed by atoms with Gasteiger partial charge in [-0.05, 0) is 38.1 Å². The fourth-order valence-electron chi connectivity index (χ4n) is 2.26. The van der Waals surface area contributed by atoms with Gasteiger partial charge in [-0.25, -0.2) is 0 Å². The minimum absolute atomic E-state index is 0.0539. The Morgan fingerprint density at radius 2 is 2.20 bits per heavy atom. The third-order valence-electron chi connectivity index (χ3n) is 3.20. The number of carbonyl (C=O) groups is 1. The molecule has 0 spiro atoms. The summed E-state index contributed by atoms with van der Waals surface area (Å²) in [7, 11) is 0. The standard InChI is InChI=1S/C16H15NO3/c1-3-19-12-4-5-15-13(7-12)14(8-17-15)16(18)11-6-10(2)20-9-11/h4-9,17H,3H2,1-2H3. The van der Waals surface area contributed by atoms with Crippen LogP contribution in [-0.4, -0.2) is 17.4 Å². The minimum Gasteiger partial charge on any atom is -0.494 e. The average Bonchev–Trinajstić information content (AvgIpc) is 3.04. The van der Waals surface area contributed by atoms with E-state index in [4.69, 9.17) is 9.15 Å². The second kappa shape index (κ2) is 4.89. The van der Waals surface area contributed by atoms with Gasteiger partial charge in [0.05, 0.1) is 12.2 Å². The van der Waals surface area contributed by atoms with Crippen LogP contribution in [0.1, 0.15) is 28.6 Å². The van der Waals surface area contributed by atoms with Crippen molar-refractivity contribution < 1.29 is 13.9 Å². The van der Waals surface area contributed by atoms with Crippen molar-refractivity contribution in [1.29, 1.82) is 0 Å². The van der Waals surface area contributed by atoms with Crippen LogP contribution in [0.3, 0.4) is 0 Å². The fraction of sp³-hybridized carbons (Fsp3) is 0.188. The Balaban J connectivity index is 2.06. The van der Waals surface area contributed by atoms with Crippen LogP contribution in [0.5, 0.6) is 5.75 Å². The molecular weight excluding hydrogens is 254 g/mol. The smallest absolute Gasteiger partial charge is 0.198 e. The summed E-state index contributed by atoms with van der Waals surface area (Å²) in [5.74, 6) is 1.43. The van der Waals surface area contributed by atoms with E-state index >= 15 is 0 Å². The molecule has 3 rings (SSSR count). The number of nitrogens with one attached hydrogen (secondary N) is 1. The quantitative estimate of drug-likeness (QED) is 0.735. The van der Waals surface area contributed by atoms with Gasteiger partial charge in [-0.15, -0.1) is 0 Å². The van der Waals surface area contributed by atoms with E-state index in [0.717, 1.165) is 22.4 Å². The third kappa shape index (κ3) is 2.09. The summed E-state index contributed by atoms with van der Waals surface area (Å²) < 4.78 is 10.7. The summed E-state index contributed by atoms with van der Waals surface area (Å²) in [6.07, 6.45) is 3.22.